The molecule has 1 N–H and O–H groups in total. The van der Waals surface area contributed by atoms with Crippen molar-refractivity contribution in [2.75, 3.05) is 25.0 Å². The first-order valence-electron chi connectivity index (χ1n) is 11.5. The van der Waals surface area contributed by atoms with Crippen LogP contribution in [-0.2, 0) is 11.2 Å². The van der Waals surface area contributed by atoms with Crippen molar-refractivity contribution in [2.24, 2.45) is 0 Å². The number of benzene rings is 2. The third-order valence-electron chi connectivity index (χ3n) is 6.07. The van der Waals surface area contributed by atoms with Gasteiger partial charge in [-0.3, -0.25) is 4.40 Å². The topological polar surface area (TPSA) is 58.9 Å². The zero-order chi connectivity index (χ0) is 23.5. The van der Waals surface area contributed by atoms with Gasteiger partial charge >= 0.3 is 6.03 Å². The van der Waals surface area contributed by atoms with Crippen molar-refractivity contribution < 1.29 is 9.53 Å². The molecule has 3 heterocycles. The molecule has 1 atom stereocenters. The summed E-state index contributed by atoms with van der Waals surface area (Å²) in [5.74, 6) is 0. The highest BCUT2D eigenvalue weighted by molar-refractivity contribution is 7.15. The third-order valence-corrected chi connectivity index (χ3v) is 7.21. The van der Waals surface area contributed by atoms with Crippen molar-refractivity contribution in [3.8, 4) is 11.3 Å². The molecular formula is C26H27ClN4O2S. The van der Waals surface area contributed by atoms with Crippen LogP contribution in [0.3, 0.4) is 0 Å². The van der Waals surface area contributed by atoms with Gasteiger partial charge in [-0.1, -0.05) is 35.9 Å². The van der Waals surface area contributed by atoms with Crippen molar-refractivity contribution in [3.63, 3.8) is 0 Å². The molecule has 0 saturated carbocycles. The maximum Gasteiger partial charge on any atom is 0.321 e. The standard InChI is InChI=1S/C26H27ClN4O2S/c1-18-4-2-5-21(14-18)28-25(32)30(15-23-6-3-13-33-23)12-11-22-17-34-26-29-24(16-31(22)26)19-7-9-20(27)10-8-19/h2,4-5,7-10,14,16-17,23H,3,6,11-13,15H2,1H3,(H,28,32). The summed E-state index contributed by atoms with van der Waals surface area (Å²) in [4.78, 5) is 20.8. The van der Waals surface area contributed by atoms with E-state index in [1.165, 1.54) is 0 Å². The molecule has 0 radical (unpaired) electrons. The van der Waals surface area contributed by atoms with Crippen LogP contribution in [-0.4, -0.2) is 46.1 Å². The van der Waals surface area contributed by atoms with Crippen molar-refractivity contribution in [1.29, 1.82) is 0 Å². The molecule has 1 aliphatic heterocycles. The van der Waals surface area contributed by atoms with Crippen LogP contribution >= 0.6 is 22.9 Å². The molecular weight excluding hydrogens is 468 g/mol. The maximum absolute atomic E-state index is 13.2. The summed E-state index contributed by atoms with van der Waals surface area (Å²) in [6.07, 6.45) is 4.91. The van der Waals surface area contributed by atoms with E-state index in [1.807, 2.05) is 60.4 Å². The van der Waals surface area contributed by atoms with Gasteiger partial charge in [-0.05, 0) is 49.6 Å². The minimum atomic E-state index is -0.0972. The monoisotopic (exact) mass is 494 g/mol. The van der Waals surface area contributed by atoms with E-state index in [-0.39, 0.29) is 12.1 Å². The Labute approximate surface area is 208 Å². The number of hydrogen-bond acceptors (Lipinski definition) is 4. The molecule has 176 valence electrons. The molecule has 1 fully saturated rings. The molecule has 4 aromatic rings. The number of rotatable bonds is 7. The van der Waals surface area contributed by atoms with Gasteiger partial charge in [0.2, 0.25) is 0 Å². The lowest BCUT2D eigenvalue weighted by Crippen LogP contribution is -2.41. The molecule has 2 aromatic heterocycles. The number of halogens is 1. The van der Waals surface area contributed by atoms with Crippen LogP contribution in [0.1, 0.15) is 24.1 Å². The maximum atomic E-state index is 13.2. The second-order valence-corrected chi connectivity index (χ2v) is 9.92. The molecule has 1 saturated heterocycles. The summed E-state index contributed by atoms with van der Waals surface area (Å²) >= 11 is 7.64. The number of carbonyl (C=O) groups is 1. The number of anilines is 1. The molecule has 5 rings (SSSR count). The second-order valence-electron chi connectivity index (χ2n) is 8.64. The van der Waals surface area contributed by atoms with E-state index in [0.717, 1.165) is 59.0 Å². The largest absolute Gasteiger partial charge is 0.376 e. The van der Waals surface area contributed by atoms with Crippen molar-refractivity contribution in [3.05, 3.63) is 76.4 Å². The minimum absolute atomic E-state index is 0.0931. The fourth-order valence-electron chi connectivity index (χ4n) is 4.25. The van der Waals surface area contributed by atoms with Crippen LogP contribution in [0.15, 0.2) is 60.1 Å². The van der Waals surface area contributed by atoms with Crippen LogP contribution in [0.2, 0.25) is 5.02 Å². The zero-order valence-electron chi connectivity index (χ0n) is 19.0. The van der Waals surface area contributed by atoms with Gasteiger partial charge in [-0.15, -0.1) is 11.3 Å². The Hall–Kier alpha value is -2.87. The fraction of sp³-hybridized carbons (Fsp3) is 0.308. The van der Waals surface area contributed by atoms with E-state index in [9.17, 15) is 4.79 Å². The average molecular weight is 495 g/mol. The molecule has 0 bridgehead atoms. The number of hydrogen-bond donors (Lipinski definition) is 1. The summed E-state index contributed by atoms with van der Waals surface area (Å²) in [6, 6.07) is 15.5. The number of nitrogens with zero attached hydrogens (tertiary/aromatic N) is 3. The number of fused-ring (bicyclic) bond motifs is 1. The number of aryl methyl sites for hydroxylation is 1. The number of imidazole rings is 1. The molecule has 8 heteroatoms. The zero-order valence-corrected chi connectivity index (χ0v) is 20.6. The summed E-state index contributed by atoms with van der Waals surface area (Å²) in [5, 5.41) is 5.89. The van der Waals surface area contributed by atoms with Gasteiger partial charge in [-0.2, -0.15) is 0 Å². The summed E-state index contributed by atoms with van der Waals surface area (Å²) in [6.45, 7) is 3.97. The highest BCUT2D eigenvalue weighted by atomic mass is 35.5. The third kappa shape index (κ3) is 5.27. The fourth-order valence-corrected chi connectivity index (χ4v) is 5.29. The summed E-state index contributed by atoms with van der Waals surface area (Å²) in [7, 11) is 0. The Balaban J connectivity index is 1.31. The molecule has 0 spiro atoms. The van der Waals surface area contributed by atoms with Crippen LogP contribution in [0.25, 0.3) is 16.2 Å². The van der Waals surface area contributed by atoms with Crippen LogP contribution in [0.5, 0.6) is 0 Å². The summed E-state index contributed by atoms with van der Waals surface area (Å²) < 4.78 is 7.95. The number of thiazole rings is 1. The first-order valence-corrected chi connectivity index (χ1v) is 12.8. The van der Waals surface area contributed by atoms with Crippen LogP contribution in [0, 0.1) is 6.92 Å². The van der Waals surface area contributed by atoms with Crippen molar-refractivity contribution in [2.45, 2.75) is 32.3 Å². The van der Waals surface area contributed by atoms with E-state index in [0.29, 0.717) is 18.1 Å². The van der Waals surface area contributed by atoms with E-state index in [1.54, 1.807) is 11.3 Å². The Morgan fingerprint density at radius 1 is 1.29 bits per heavy atom. The van der Waals surface area contributed by atoms with Gasteiger partial charge in [0.25, 0.3) is 0 Å². The average Bonchev–Trinajstić information content (AvgIpc) is 3.55. The van der Waals surface area contributed by atoms with Crippen LogP contribution < -0.4 is 5.32 Å². The predicted molar refractivity (Wildman–Crippen MR) is 138 cm³/mol. The molecule has 2 aromatic carbocycles. The number of carbonyl (C=O) groups excluding carboxylic acids is 1. The minimum Gasteiger partial charge on any atom is -0.376 e. The quantitative estimate of drug-likeness (QED) is 0.329. The highest BCUT2D eigenvalue weighted by Gasteiger charge is 2.23. The smallest absolute Gasteiger partial charge is 0.321 e. The lowest BCUT2D eigenvalue weighted by molar-refractivity contribution is 0.0838. The number of amides is 2. The molecule has 1 aliphatic rings. The van der Waals surface area contributed by atoms with Crippen molar-refractivity contribution >= 4 is 39.6 Å². The predicted octanol–water partition coefficient (Wildman–Crippen LogP) is 6.28. The molecule has 1 unspecified atom stereocenters. The Morgan fingerprint density at radius 3 is 2.91 bits per heavy atom. The van der Waals surface area contributed by atoms with E-state index in [2.05, 4.69) is 21.3 Å². The normalized spacial score (nSPS) is 15.6. The molecule has 34 heavy (non-hydrogen) atoms. The Kier molecular flexibility index (Phi) is 6.85. The first kappa shape index (κ1) is 22.9. The van der Waals surface area contributed by atoms with Gasteiger partial charge in [0.1, 0.15) is 0 Å². The Bertz CT molecular complexity index is 1280. The lowest BCUT2D eigenvalue weighted by atomic mass is 10.2. The Morgan fingerprint density at radius 2 is 2.15 bits per heavy atom. The second kappa shape index (κ2) is 10.2. The van der Waals surface area contributed by atoms with E-state index >= 15 is 0 Å². The molecule has 2 amide bonds. The number of aromatic nitrogens is 2. The number of nitrogens with one attached hydrogen (secondary N) is 1. The highest BCUT2D eigenvalue weighted by Crippen LogP contribution is 2.25. The van der Waals surface area contributed by atoms with E-state index in [4.69, 9.17) is 21.3 Å². The summed E-state index contributed by atoms with van der Waals surface area (Å²) in [5.41, 5.74) is 5.00. The van der Waals surface area contributed by atoms with Gasteiger partial charge in [0, 0.05) is 59.7 Å². The molecule has 0 aliphatic carbocycles. The first-order chi connectivity index (χ1) is 16.5. The van der Waals surface area contributed by atoms with Gasteiger partial charge < -0.3 is 15.0 Å². The van der Waals surface area contributed by atoms with Gasteiger partial charge in [0.05, 0.1) is 11.8 Å². The van der Waals surface area contributed by atoms with E-state index < -0.39 is 0 Å². The van der Waals surface area contributed by atoms with Crippen LogP contribution in [0.4, 0.5) is 10.5 Å². The number of ether oxygens (including phenoxy) is 1. The molecule has 6 nitrogen and oxygen atoms in total. The van der Waals surface area contributed by atoms with Gasteiger partial charge in [-0.25, -0.2) is 9.78 Å². The lowest BCUT2D eigenvalue weighted by Gasteiger charge is -2.26. The SMILES string of the molecule is Cc1cccc(NC(=O)N(CCc2csc3nc(-c4ccc(Cl)cc4)cn23)CC2CCCO2)c1. The van der Waals surface area contributed by atoms with Crippen molar-refractivity contribution in [1.82, 2.24) is 14.3 Å². The number of urea groups is 1. The van der Waals surface area contributed by atoms with Gasteiger partial charge in [0.15, 0.2) is 4.96 Å².